The third-order valence-corrected chi connectivity index (χ3v) is 4.29. The molecule has 1 unspecified atom stereocenters. The number of rotatable bonds is 5. The number of hydrogen-bond donors (Lipinski definition) is 1. The highest BCUT2D eigenvalue weighted by Gasteiger charge is 2.23. The summed E-state index contributed by atoms with van der Waals surface area (Å²) in [6.07, 6.45) is 2.56. The molecular formula is C15H24N2OS. The monoisotopic (exact) mass is 280 g/mol. The van der Waals surface area contributed by atoms with Crippen LogP contribution in [0.4, 0.5) is 0 Å². The van der Waals surface area contributed by atoms with Gasteiger partial charge in [0.15, 0.2) is 0 Å². The van der Waals surface area contributed by atoms with Crippen molar-refractivity contribution in [3.8, 4) is 0 Å². The van der Waals surface area contributed by atoms with Crippen LogP contribution in [0.1, 0.15) is 51.4 Å². The lowest BCUT2D eigenvalue weighted by Gasteiger charge is -2.25. The van der Waals surface area contributed by atoms with E-state index in [1.54, 1.807) is 6.20 Å². The van der Waals surface area contributed by atoms with E-state index < -0.39 is 11.0 Å². The van der Waals surface area contributed by atoms with Crippen molar-refractivity contribution in [1.82, 2.24) is 9.71 Å². The molecule has 106 valence electrons. The number of aryl methyl sites for hydroxylation is 1. The molecule has 0 aliphatic carbocycles. The number of hydrogen-bond acceptors (Lipinski definition) is 2. The maximum absolute atomic E-state index is 12.3. The van der Waals surface area contributed by atoms with Gasteiger partial charge < -0.3 is 0 Å². The van der Waals surface area contributed by atoms with E-state index in [0.717, 1.165) is 23.3 Å². The Kier molecular flexibility index (Phi) is 5.44. The van der Waals surface area contributed by atoms with Gasteiger partial charge in [-0.1, -0.05) is 5.57 Å². The fraction of sp³-hybridized carbons (Fsp3) is 0.533. The highest BCUT2D eigenvalue weighted by atomic mass is 32.2. The van der Waals surface area contributed by atoms with Crippen molar-refractivity contribution in [3.63, 3.8) is 0 Å². The van der Waals surface area contributed by atoms with Crippen LogP contribution in [-0.4, -0.2) is 13.9 Å². The molecule has 19 heavy (non-hydrogen) atoms. The zero-order chi connectivity index (χ0) is 14.6. The number of pyridine rings is 1. The van der Waals surface area contributed by atoms with Crippen LogP contribution >= 0.6 is 0 Å². The zero-order valence-electron chi connectivity index (χ0n) is 12.5. The Morgan fingerprint density at radius 1 is 1.53 bits per heavy atom. The first-order valence-corrected chi connectivity index (χ1v) is 7.60. The van der Waals surface area contributed by atoms with Gasteiger partial charge in [-0.25, -0.2) is 8.93 Å². The van der Waals surface area contributed by atoms with E-state index in [1.165, 1.54) is 0 Å². The fourth-order valence-electron chi connectivity index (χ4n) is 1.67. The van der Waals surface area contributed by atoms with Crippen molar-refractivity contribution in [3.05, 3.63) is 41.7 Å². The van der Waals surface area contributed by atoms with Crippen LogP contribution in [0.5, 0.6) is 0 Å². The van der Waals surface area contributed by atoms with Crippen molar-refractivity contribution in [2.45, 2.75) is 51.8 Å². The lowest BCUT2D eigenvalue weighted by Crippen LogP contribution is -2.35. The molecule has 1 heterocycles. The molecular weight excluding hydrogens is 256 g/mol. The van der Waals surface area contributed by atoms with E-state index in [4.69, 9.17) is 0 Å². The molecule has 1 aromatic heterocycles. The van der Waals surface area contributed by atoms with Crippen LogP contribution in [0.3, 0.4) is 0 Å². The normalized spacial score (nSPS) is 15.0. The smallest absolute Gasteiger partial charge is 0.0976 e. The highest BCUT2D eigenvalue weighted by Crippen LogP contribution is 2.23. The lowest BCUT2D eigenvalue weighted by atomic mass is 10.0. The van der Waals surface area contributed by atoms with Crippen LogP contribution in [0, 0.1) is 6.92 Å². The quantitative estimate of drug-likeness (QED) is 0.839. The van der Waals surface area contributed by atoms with Gasteiger partial charge in [0.2, 0.25) is 0 Å². The van der Waals surface area contributed by atoms with Crippen LogP contribution in [0.15, 0.2) is 30.5 Å². The van der Waals surface area contributed by atoms with Gasteiger partial charge >= 0.3 is 0 Å². The third-order valence-electron chi connectivity index (χ3n) is 2.68. The molecule has 0 aromatic carbocycles. The summed E-state index contributed by atoms with van der Waals surface area (Å²) in [5.74, 6) is 0. The third kappa shape index (κ3) is 5.25. The highest BCUT2D eigenvalue weighted by molar-refractivity contribution is 7.84. The van der Waals surface area contributed by atoms with Gasteiger partial charge in [-0.15, -0.1) is 6.58 Å². The van der Waals surface area contributed by atoms with Crippen molar-refractivity contribution in [2.24, 2.45) is 0 Å². The minimum atomic E-state index is -1.10. The molecule has 0 bridgehead atoms. The summed E-state index contributed by atoms with van der Waals surface area (Å²) in [4.78, 5) is 4.20. The average molecular weight is 280 g/mol. The Balaban J connectivity index is 2.96. The van der Waals surface area contributed by atoms with E-state index in [1.807, 2.05) is 46.8 Å². The van der Waals surface area contributed by atoms with Gasteiger partial charge in [0.25, 0.3) is 0 Å². The van der Waals surface area contributed by atoms with Gasteiger partial charge in [-0.3, -0.25) is 4.98 Å². The molecule has 0 radical (unpaired) electrons. The van der Waals surface area contributed by atoms with E-state index in [9.17, 15) is 4.21 Å². The second kappa shape index (κ2) is 6.44. The van der Waals surface area contributed by atoms with Gasteiger partial charge in [0, 0.05) is 17.9 Å². The van der Waals surface area contributed by atoms with Crippen molar-refractivity contribution in [2.75, 3.05) is 0 Å². The van der Waals surface area contributed by atoms with Gasteiger partial charge in [-0.2, -0.15) is 0 Å². The van der Waals surface area contributed by atoms with E-state index in [0.29, 0.717) is 0 Å². The van der Waals surface area contributed by atoms with E-state index in [2.05, 4.69) is 16.3 Å². The van der Waals surface area contributed by atoms with Crippen LogP contribution in [0.2, 0.25) is 0 Å². The molecule has 4 heteroatoms. The van der Waals surface area contributed by atoms with Crippen LogP contribution in [0.25, 0.3) is 0 Å². The molecule has 0 aliphatic heterocycles. The summed E-state index contributed by atoms with van der Waals surface area (Å²) in [7, 11) is -1.10. The molecule has 0 saturated heterocycles. The summed E-state index contributed by atoms with van der Waals surface area (Å²) in [6.45, 7) is 13.8. The largest absolute Gasteiger partial charge is 0.262 e. The minimum absolute atomic E-state index is 0.0132. The van der Waals surface area contributed by atoms with Gasteiger partial charge in [0.1, 0.15) is 0 Å². The Morgan fingerprint density at radius 3 is 2.63 bits per heavy atom. The second-order valence-corrected chi connectivity index (χ2v) is 7.94. The Bertz CT molecular complexity index is 477. The molecule has 0 spiro atoms. The predicted molar refractivity (Wildman–Crippen MR) is 82.2 cm³/mol. The van der Waals surface area contributed by atoms with Crippen molar-refractivity contribution < 1.29 is 4.21 Å². The maximum atomic E-state index is 12.3. The first-order chi connectivity index (χ1) is 8.70. The SMILES string of the molecule is C=C(C)C[C@@H](NS(=O)C(C)(C)C)c1ccnc(C)c1. The molecule has 0 aliphatic rings. The number of aromatic nitrogens is 1. The Labute approximate surface area is 119 Å². The Hall–Kier alpha value is -1.00. The summed E-state index contributed by atoms with van der Waals surface area (Å²) in [6, 6.07) is 4.01. The predicted octanol–water partition coefficient (Wildman–Crippen LogP) is 3.45. The first kappa shape index (κ1) is 16.1. The molecule has 3 nitrogen and oxygen atoms in total. The van der Waals surface area contributed by atoms with Gasteiger partial charge in [0.05, 0.1) is 15.7 Å². The summed E-state index contributed by atoms with van der Waals surface area (Å²) < 4.78 is 15.2. The zero-order valence-corrected chi connectivity index (χ0v) is 13.3. The molecule has 1 rings (SSSR count). The van der Waals surface area contributed by atoms with E-state index in [-0.39, 0.29) is 10.8 Å². The van der Waals surface area contributed by atoms with Crippen molar-refractivity contribution >= 4 is 11.0 Å². The average Bonchev–Trinajstić information content (AvgIpc) is 2.26. The van der Waals surface area contributed by atoms with Crippen LogP contribution < -0.4 is 4.72 Å². The molecule has 0 amide bonds. The topological polar surface area (TPSA) is 42.0 Å². The molecule has 2 atom stereocenters. The number of nitrogens with one attached hydrogen (secondary N) is 1. The Morgan fingerprint density at radius 2 is 2.16 bits per heavy atom. The maximum Gasteiger partial charge on any atom is 0.0976 e. The number of nitrogens with zero attached hydrogens (tertiary/aromatic N) is 1. The lowest BCUT2D eigenvalue weighted by molar-refractivity contribution is 0.595. The molecule has 0 saturated carbocycles. The van der Waals surface area contributed by atoms with Crippen molar-refractivity contribution in [1.29, 1.82) is 0 Å². The standard InChI is InChI=1S/C15H24N2OS/c1-11(2)9-14(17-19(18)15(4,5)6)13-7-8-16-12(3)10-13/h7-8,10,14,17H,1,9H2,2-6H3/t14-,19?/m1/s1. The van der Waals surface area contributed by atoms with Crippen LogP contribution in [-0.2, 0) is 11.0 Å². The summed E-state index contributed by atoms with van der Waals surface area (Å²) >= 11 is 0. The molecule has 1 aromatic rings. The fourth-order valence-corrected chi connectivity index (χ4v) is 2.50. The second-order valence-electron chi connectivity index (χ2n) is 5.94. The van der Waals surface area contributed by atoms with E-state index >= 15 is 0 Å². The summed E-state index contributed by atoms with van der Waals surface area (Å²) in [5.41, 5.74) is 3.14. The molecule has 0 fully saturated rings. The molecule has 1 N–H and O–H groups in total. The summed E-state index contributed by atoms with van der Waals surface area (Å²) in [5, 5.41) is 0. The first-order valence-electron chi connectivity index (χ1n) is 6.45. The van der Waals surface area contributed by atoms with Gasteiger partial charge in [-0.05, 0) is 58.7 Å². The minimum Gasteiger partial charge on any atom is -0.262 e.